The molecule has 26 heavy (non-hydrogen) atoms. The Kier molecular flexibility index (Phi) is 4.97. The molecule has 0 saturated carbocycles. The van der Waals surface area contributed by atoms with Crippen LogP contribution in [0.4, 0.5) is 18.9 Å². The van der Waals surface area contributed by atoms with E-state index in [-0.39, 0.29) is 17.2 Å². The lowest BCUT2D eigenvalue weighted by Crippen LogP contribution is -2.27. The van der Waals surface area contributed by atoms with Crippen molar-refractivity contribution >= 4 is 17.5 Å². The summed E-state index contributed by atoms with van der Waals surface area (Å²) in [7, 11) is 0. The summed E-state index contributed by atoms with van der Waals surface area (Å²) < 4.78 is 37.7. The van der Waals surface area contributed by atoms with Crippen LogP contribution in [0.15, 0.2) is 48.5 Å². The lowest BCUT2D eigenvalue weighted by atomic mass is 10.1. The summed E-state index contributed by atoms with van der Waals surface area (Å²) in [6.07, 6.45) is -2.48. The summed E-state index contributed by atoms with van der Waals surface area (Å²) in [4.78, 5) is 26.5. The van der Waals surface area contributed by atoms with Crippen LogP contribution < -0.4 is 5.32 Å². The van der Waals surface area contributed by atoms with Crippen LogP contribution in [-0.4, -0.2) is 29.8 Å². The van der Waals surface area contributed by atoms with Gasteiger partial charge in [-0.1, -0.05) is 6.07 Å². The molecule has 0 bridgehead atoms. The zero-order chi connectivity index (χ0) is 18.7. The summed E-state index contributed by atoms with van der Waals surface area (Å²) in [6, 6.07) is 10.5. The second kappa shape index (κ2) is 7.19. The van der Waals surface area contributed by atoms with Crippen molar-refractivity contribution in [3.05, 3.63) is 65.2 Å². The number of nitrogens with zero attached hydrogens (tertiary/aromatic N) is 1. The summed E-state index contributed by atoms with van der Waals surface area (Å²) >= 11 is 0. The summed E-state index contributed by atoms with van der Waals surface area (Å²) in [5, 5.41) is 2.54. The Labute approximate surface area is 148 Å². The minimum Gasteiger partial charge on any atom is -0.339 e. The summed E-state index contributed by atoms with van der Waals surface area (Å²) in [5.74, 6) is -0.604. The van der Waals surface area contributed by atoms with E-state index < -0.39 is 17.6 Å². The number of amides is 2. The van der Waals surface area contributed by atoms with Crippen LogP contribution in [0.5, 0.6) is 0 Å². The number of alkyl halides is 3. The van der Waals surface area contributed by atoms with E-state index in [1.807, 2.05) is 0 Å². The van der Waals surface area contributed by atoms with Crippen molar-refractivity contribution in [2.45, 2.75) is 19.0 Å². The Morgan fingerprint density at radius 1 is 0.923 bits per heavy atom. The minimum atomic E-state index is -4.42. The van der Waals surface area contributed by atoms with E-state index >= 15 is 0 Å². The van der Waals surface area contributed by atoms with Crippen LogP contribution >= 0.6 is 0 Å². The van der Waals surface area contributed by atoms with E-state index in [1.54, 1.807) is 23.1 Å². The highest BCUT2D eigenvalue weighted by Crippen LogP contribution is 2.29. The minimum absolute atomic E-state index is 0.119. The fraction of sp³-hybridized carbons (Fsp3) is 0.263. The molecule has 1 heterocycles. The van der Waals surface area contributed by atoms with Gasteiger partial charge in [-0.25, -0.2) is 0 Å². The van der Waals surface area contributed by atoms with Gasteiger partial charge in [0.05, 0.1) is 5.56 Å². The molecule has 1 aliphatic rings. The maximum atomic E-state index is 12.6. The zero-order valence-corrected chi connectivity index (χ0v) is 13.8. The van der Waals surface area contributed by atoms with Crippen molar-refractivity contribution in [3.8, 4) is 0 Å². The van der Waals surface area contributed by atoms with E-state index in [4.69, 9.17) is 0 Å². The average Bonchev–Trinajstić information content (AvgIpc) is 3.15. The monoisotopic (exact) mass is 362 g/mol. The Hall–Kier alpha value is -2.83. The van der Waals surface area contributed by atoms with Gasteiger partial charge in [-0.3, -0.25) is 9.59 Å². The Balaban J connectivity index is 1.72. The third-order valence-electron chi connectivity index (χ3n) is 4.24. The topological polar surface area (TPSA) is 49.4 Å². The summed E-state index contributed by atoms with van der Waals surface area (Å²) in [6.45, 7) is 1.42. The molecule has 1 aliphatic heterocycles. The van der Waals surface area contributed by atoms with Crippen molar-refractivity contribution in [1.82, 2.24) is 4.90 Å². The van der Waals surface area contributed by atoms with Crippen LogP contribution in [0, 0.1) is 0 Å². The first kappa shape index (κ1) is 18.0. The molecule has 1 saturated heterocycles. The van der Waals surface area contributed by atoms with Crippen LogP contribution in [0.1, 0.15) is 39.1 Å². The molecule has 7 heteroatoms. The molecule has 0 aromatic heterocycles. The molecular formula is C19H17F3N2O2. The Morgan fingerprint density at radius 3 is 2.15 bits per heavy atom. The van der Waals surface area contributed by atoms with E-state index in [0.717, 1.165) is 25.0 Å². The SMILES string of the molecule is O=C(Nc1ccc(C(F)(F)F)cc1)c1cccc(C(=O)N2CCCC2)c1. The first-order valence-corrected chi connectivity index (χ1v) is 8.22. The van der Waals surface area contributed by atoms with Gasteiger partial charge >= 0.3 is 6.18 Å². The average molecular weight is 362 g/mol. The highest BCUT2D eigenvalue weighted by Gasteiger charge is 2.30. The van der Waals surface area contributed by atoms with Gasteiger partial charge in [-0.15, -0.1) is 0 Å². The number of halogens is 3. The first-order chi connectivity index (χ1) is 12.3. The molecule has 2 aromatic rings. The molecule has 136 valence electrons. The van der Waals surface area contributed by atoms with Gasteiger partial charge in [0.1, 0.15) is 0 Å². The Bertz CT molecular complexity index is 810. The molecule has 1 N–H and O–H groups in total. The largest absolute Gasteiger partial charge is 0.416 e. The molecule has 0 atom stereocenters. The smallest absolute Gasteiger partial charge is 0.339 e. The third kappa shape index (κ3) is 4.04. The van der Waals surface area contributed by atoms with Crippen LogP contribution in [0.25, 0.3) is 0 Å². The molecule has 1 fully saturated rings. The van der Waals surface area contributed by atoms with Crippen molar-refractivity contribution in [2.24, 2.45) is 0 Å². The Morgan fingerprint density at radius 2 is 1.54 bits per heavy atom. The number of anilines is 1. The first-order valence-electron chi connectivity index (χ1n) is 8.22. The number of hydrogen-bond donors (Lipinski definition) is 1. The van der Waals surface area contributed by atoms with Crippen LogP contribution in [-0.2, 0) is 6.18 Å². The van der Waals surface area contributed by atoms with E-state index in [1.165, 1.54) is 18.2 Å². The summed E-state index contributed by atoms with van der Waals surface area (Å²) in [5.41, 5.74) is 0.162. The fourth-order valence-electron chi connectivity index (χ4n) is 2.84. The van der Waals surface area contributed by atoms with E-state index in [2.05, 4.69) is 5.32 Å². The van der Waals surface area contributed by atoms with Gasteiger partial charge in [0.15, 0.2) is 0 Å². The molecule has 0 spiro atoms. The molecule has 0 aliphatic carbocycles. The number of rotatable bonds is 3. The second-order valence-electron chi connectivity index (χ2n) is 6.11. The van der Waals surface area contributed by atoms with Crippen LogP contribution in [0.2, 0.25) is 0 Å². The van der Waals surface area contributed by atoms with Gasteiger partial charge < -0.3 is 10.2 Å². The second-order valence-corrected chi connectivity index (χ2v) is 6.11. The van der Waals surface area contributed by atoms with E-state index in [0.29, 0.717) is 18.7 Å². The molecule has 0 unspecified atom stereocenters. The highest BCUT2D eigenvalue weighted by molar-refractivity contribution is 6.06. The lowest BCUT2D eigenvalue weighted by molar-refractivity contribution is -0.137. The predicted molar refractivity (Wildman–Crippen MR) is 91.0 cm³/mol. The molecule has 4 nitrogen and oxygen atoms in total. The van der Waals surface area contributed by atoms with Crippen molar-refractivity contribution in [2.75, 3.05) is 18.4 Å². The molecular weight excluding hydrogens is 345 g/mol. The molecule has 2 amide bonds. The predicted octanol–water partition coefficient (Wildman–Crippen LogP) is 4.19. The number of benzene rings is 2. The van der Waals surface area contributed by atoms with Gasteiger partial charge in [-0.05, 0) is 55.3 Å². The van der Waals surface area contributed by atoms with Gasteiger partial charge in [0.25, 0.3) is 11.8 Å². The van der Waals surface area contributed by atoms with Crippen molar-refractivity contribution in [1.29, 1.82) is 0 Å². The standard InChI is InChI=1S/C19H17F3N2O2/c20-19(21,22)15-6-8-16(9-7-15)23-17(25)13-4-3-5-14(12-13)18(26)24-10-1-2-11-24/h3-9,12H,1-2,10-11H2,(H,23,25). The molecule has 3 rings (SSSR count). The van der Waals surface area contributed by atoms with Gasteiger partial charge in [-0.2, -0.15) is 13.2 Å². The third-order valence-corrected chi connectivity index (χ3v) is 4.24. The van der Waals surface area contributed by atoms with E-state index in [9.17, 15) is 22.8 Å². The molecule has 0 radical (unpaired) electrons. The number of carbonyl (C=O) groups is 2. The number of carbonyl (C=O) groups excluding carboxylic acids is 2. The lowest BCUT2D eigenvalue weighted by Gasteiger charge is -2.15. The normalized spacial score (nSPS) is 14.3. The number of likely N-dealkylation sites (tertiary alicyclic amines) is 1. The molecule has 2 aromatic carbocycles. The van der Waals surface area contributed by atoms with Gasteiger partial charge in [0.2, 0.25) is 0 Å². The van der Waals surface area contributed by atoms with Crippen molar-refractivity contribution in [3.63, 3.8) is 0 Å². The highest BCUT2D eigenvalue weighted by atomic mass is 19.4. The maximum absolute atomic E-state index is 12.6. The van der Waals surface area contributed by atoms with Crippen LogP contribution in [0.3, 0.4) is 0 Å². The number of hydrogen-bond acceptors (Lipinski definition) is 2. The number of nitrogens with one attached hydrogen (secondary N) is 1. The quantitative estimate of drug-likeness (QED) is 0.890. The zero-order valence-electron chi connectivity index (χ0n) is 13.8. The maximum Gasteiger partial charge on any atom is 0.416 e. The van der Waals surface area contributed by atoms with Crippen molar-refractivity contribution < 1.29 is 22.8 Å². The fourth-order valence-corrected chi connectivity index (χ4v) is 2.84. The van der Waals surface area contributed by atoms with Gasteiger partial charge in [0, 0.05) is 29.9 Å².